The third-order valence-corrected chi connectivity index (χ3v) is 3.40. The number of nitrogens with one attached hydrogen (secondary N) is 1. The Morgan fingerprint density at radius 1 is 1.10 bits per heavy atom. The lowest BCUT2D eigenvalue weighted by atomic mass is 9.87. The molecule has 4 heteroatoms. The molecule has 0 saturated heterocycles. The molecule has 1 aromatic heterocycles. The van der Waals surface area contributed by atoms with E-state index in [0.717, 1.165) is 16.8 Å². The van der Waals surface area contributed by atoms with Gasteiger partial charge >= 0.3 is 0 Å². The van der Waals surface area contributed by atoms with Gasteiger partial charge in [0, 0.05) is 5.69 Å². The van der Waals surface area contributed by atoms with E-state index >= 15 is 0 Å². The lowest BCUT2D eigenvalue weighted by Crippen LogP contribution is -2.10. The molecule has 0 aliphatic carbocycles. The predicted molar refractivity (Wildman–Crippen MR) is 85.7 cm³/mol. The molecule has 0 saturated carbocycles. The molecule has 0 aliphatic rings. The summed E-state index contributed by atoms with van der Waals surface area (Å²) in [4.78, 5) is 7.54. The normalized spacial score (nSPS) is 11.8. The van der Waals surface area contributed by atoms with E-state index in [1.807, 2.05) is 36.4 Å². The maximum absolute atomic E-state index is 5.83. The molecule has 108 valence electrons. The number of ether oxygens (including phenoxy) is 1. The fraction of sp³-hybridized carbons (Fsp3) is 0.235. The van der Waals surface area contributed by atoms with E-state index in [4.69, 9.17) is 10.5 Å². The highest BCUT2D eigenvalue weighted by Crippen LogP contribution is 2.28. The molecule has 3 N–H and O–H groups in total. The van der Waals surface area contributed by atoms with Gasteiger partial charge in [-0.15, -0.1) is 0 Å². The highest BCUT2D eigenvalue weighted by Gasteiger charge is 2.14. The van der Waals surface area contributed by atoms with Crippen LogP contribution in [0.25, 0.3) is 11.0 Å². The van der Waals surface area contributed by atoms with E-state index in [2.05, 4.69) is 36.8 Å². The summed E-state index contributed by atoms with van der Waals surface area (Å²) in [5, 5.41) is 0. The number of H-pyrrole nitrogens is 1. The van der Waals surface area contributed by atoms with Gasteiger partial charge in [-0.3, -0.25) is 0 Å². The zero-order valence-electron chi connectivity index (χ0n) is 12.5. The van der Waals surface area contributed by atoms with Crippen LogP contribution in [0.1, 0.15) is 26.3 Å². The molecule has 0 fully saturated rings. The number of nitrogens with zero attached hydrogens (tertiary/aromatic N) is 1. The number of imidazole rings is 1. The summed E-state index contributed by atoms with van der Waals surface area (Å²) in [6.07, 6.45) is 0. The van der Waals surface area contributed by atoms with Gasteiger partial charge in [0.1, 0.15) is 5.75 Å². The first-order chi connectivity index (χ1) is 9.91. The van der Waals surface area contributed by atoms with Crippen LogP contribution in [0.4, 0.5) is 5.69 Å². The van der Waals surface area contributed by atoms with Crippen molar-refractivity contribution in [2.75, 3.05) is 5.73 Å². The first-order valence-corrected chi connectivity index (χ1v) is 6.95. The van der Waals surface area contributed by atoms with E-state index in [-0.39, 0.29) is 5.41 Å². The molecule has 0 aliphatic heterocycles. The van der Waals surface area contributed by atoms with E-state index < -0.39 is 0 Å². The van der Waals surface area contributed by atoms with Crippen LogP contribution in [-0.2, 0) is 5.41 Å². The molecule has 3 aromatic rings. The van der Waals surface area contributed by atoms with Crippen LogP contribution in [0.5, 0.6) is 11.8 Å². The first kappa shape index (κ1) is 13.5. The quantitative estimate of drug-likeness (QED) is 0.691. The molecular formula is C17H19N3O. The molecule has 1 heterocycles. The minimum atomic E-state index is 0.0850. The SMILES string of the molecule is CC(C)(C)c1cccc(Oc2nc3ccc(N)cc3[nH]2)c1. The summed E-state index contributed by atoms with van der Waals surface area (Å²) in [5.74, 6) is 0.773. The van der Waals surface area contributed by atoms with Crippen molar-refractivity contribution in [1.82, 2.24) is 9.97 Å². The Morgan fingerprint density at radius 3 is 2.67 bits per heavy atom. The van der Waals surface area contributed by atoms with E-state index in [1.54, 1.807) is 0 Å². The average molecular weight is 281 g/mol. The Hall–Kier alpha value is -2.49. The van der Waals surface area contributed by atoms with Crippen molar-refractivity contribution in [2.45, 2.75) is 26.2 Å². The van der Waals surface area contributed by atoms with Crippen molar-refractivity contribution in [3.8, 4) is 11.8 Å². The number of hydrogen-bond acceptors (Lipinski definition) is 3. The third kappa shape index (κ3) is 2.84. The molecular weight excluding hydrogens is 262 g/mol. The Morgan fingerprint density at radius 2 is 1.90 bits per heavy atom. The number of rotatable bonds is 2. The van der Waals surface area contributed by atoms with Crippen LogP contribution >= 0.6 is 0 Å². The summed E-state index contributed by atoms with van der Waals surface area (Å²) in [6, 6.07) is 14.1. The third-order valence-electron chi connectivity index (χ3n) is 3.40. The fourth-order valence-corrected chi connectivity index (χ4v) is 2.19. The minimum Gasteiger partial charge on any atom is -0.426 e. The van der Waals surface area contributed by atoms with Crippen LogP contribution in [0.3, 0.4) is 0 Å². The van der Waals surface area contributed by atoms with Crippen molar-refractivity contribution in [3.05, 3.63) is 48.0 Å². The minimum absolute atomic E-state index is 0.0850. The van der Waals surface area contributed by atoms with E-state index in [9.17, 15) is 0 Å². The number of fused-ring (bicyclic) bond motifs is 1. The number of nitrogen functional groups attached to an aromatic ring is 1. The summed E-state index contributed by atoms with van der Waals surface area (Å²) < 4.78 is 5.83. The second-order valence-electron chi connectivity index (χ2n) is 6.20. The van der Waals surface area contributed by atoms with E-state index in [1.165, 1.54) is 5.56 Å². The molecule has 0 atom stereocenters. The molecule has 0 radical (unpaired) electrons. The second-order valence-corrected chi connectivity index (χ2v) is 6.20. The Labute approximate surface area is 124 Å². The average Bonchev–Trinajstić information content (AvgIpc) is 2.79. The van der Waals surface area contributed by atoms with Crippen LogP contribution < -0.4 is 10.5 Å². The standard InChI is InChI=1S/C17H19N3O/c1-17(2,3)11-5-4-6-13(9-11)21-16-19-14-8-7-12(18)10-15(14)20-16/h4-10H,18H2,1-3H3,(H,19,20). The smallest absolute Gasteiger partial charge is 0.300 e. The number of hydrogen-bond donors (Lipinski definition) is 2. The Bertz CT molecular complexity index is 784. The van der Waals surface area contributed by atoms with Gasteiger partial charge in [-0.1, -0.05) is 32.9 Å². The number of benzene rings is 2. The van der Waals surface area contributed by atoms with Crippen LogP contribution in [-0.4, -0.2) is 9.97 Å². The van der Waals surface area contributed by atoms with Gasteiger partial charge < -0.3 is 15.5 Å². The number of aromatic nitrogens is 2. The summed E-state index contributed by atoms with van der Waals surface area (Å²) >= 11 is 0. The largest absolute Gasteiger partial charge is 0.426 e. The maximum Gasteiger partial charge on any atom is 0.300 e. The lowest BCUT2D eigenvalue weighted by Gasteiger charge is -2.19. The van der Waals surface area contributed by atoms with E-state index in [0.29, 0.717) is 11.7 Å². The molecule has 0 amide bonds. The zero-order chi connectivity index (χ0) is 15.0. The monoisotopic (exact) mass is 281 g/mol. The number of nitrogens with two attached hydrogens (primary N) is 1. The van der Waals surface area contributed by atoms with Crippen molar-refractivity contribution >= 4 is 16.7 Å². The van der Waals surface area contributed by atoms with Crippen LogP contribution in [0.15, 0.2) is 42.5 Å². The lowest BCUT2D eigenvalue weighted by molar-refractivity contribution is 0.446. The van der Waals surface area contributed by atoms with Crippen molar-refractivity contribution in [1.29, 1.82) is 0 Å². The zero-order valence-corrected chi connectivity index (χ0v) is 12.5. The van der Waals surface area contributed by atoms with Gasteiger partial charge in [-0.2, -0.15) is 4.98 Å². The van der Waals surface area contributed by atoms with Gasteiger partial charge in [0.25, 0.3) is 6.01 Å². The Kier molecular flexibility index (Phi) is 3.09. The van der Waals surface area contributed by atoms with Crippen molar-refractivity contribution in [2.24, 2.45) is 0 Å². The molecule has 0 unspecified atom stereocenters. The summed E-state index contributed by atoms with van der Waals surface area (Å²) in [6.45, 7) is 6.53. The molecule has 3 rings (SSSR count). The van der Waals surface area contributed by atoms with Crippen LogP contribution in [0, 0.1) is 0 Å². The van der Waals surface area contributed by atoms with Crippen molar-refractivity contribution in [3.63, 3.8) is 0 Å². The summed E-state index contributed by atoms with van der Waals surface area (Å²) in [7, 11) is 0. The molecule has 2 aromatic carbocycles. The summed E-state index contributed by atoms with van der Waals surface area (Å²) in [5.41, 5.74) is 9.48. The topological polar surface area (TPSA) is 63.9 Å². The van der Waals surface area contributed by atoms with Gasteiger partial charge in [0.15, 0.2) is 0 Å². The molecule has 4 nitrogen and oxygen atoms in total. The molecule has 0 spiro atoms. The fourth-order valence-electron chi connectivity index (χ4n) is 2.19. The van der Waals surface area contributed by atoms with Crippen LogP contribution in [0.2, 0.25) is 0 Å². The highest BCUT2D eigenvalue weighted by molar-refractivity contribution is 5.79. The molecule has 0 bridgehead atoms. The second kappa shape index (κ2) is 4.81. The number of aromatic amines is 1. The number of anilines is 1. The molecule has 21 heavy (non-hydrogen) atoms. The highest BCUT2D eigenvalue weighted by atomic mass is 16.5. The van der Waals surface area contributed by atoms with Gasteiger partial charge in [-0.25, -0.2) is 0 Å². The maximum atomic E-state index is 5.83. The Balaban J connectivity index is 1.91. The van der Waals surface area contributed by atoms with Crippen molar-refractivity contribution < 1.29 is 4.74 Å². The van der Waals surface area contributed by atoms with Gasteiger partial charge in [0.05, 0.1) is 11.0 Å². The van der Waals surface area contributed by atoms with Gasteiger partial charge in [0.2, 0.25) is 0 Å². The predicted octanol–water partition coefficient (Wildman–Crippen LogP) is 4.23. The first-order valence-electron chi connectivity index (χ1n) is 6.95. The van der Waals surface area contributed by atoms with Gasteiger partial charge in [-0.05, 0) is 41.3 Å².